The molecule has 0 aliphatic carbocycles. The van der Waals surface area contributed by atoms with E-state index in [0.29, 0.717) is 0 Å². The summed E-state index contributed by atoms with van der Waals surface area (Å²) in [6.07, 6.45) is 0. The molecule has 18 heavy (non-hydrogen) atoms. The SMILES string of the molecule is CN(C)[SiH2]c1[c]c([SiH2]N(C)C)cc([SiH2]N(C)C)c1. The van der Waals surface area contributed by atoms with Crippen molar-refractivity contribution in [1.29, 1.82) is 0 Å². The summed E-state index contributed by atoms with van der Waals surface area (Å²) in [4.78, 5) is 0. The lowest BCUT2D eigenvalue weighted by molar-refractivity contribution is 0.667. The maximum Gasteiger partial charge on any atom is 0.127 e. The van der Waals surface area contributed by atoms with Crippen molar-refractivity contribution in [2.75, 3.05) is 42.3 Å². The van der Waals surface area contributed by atoms with E-state index in [-0.39, 0.29) is 29.0 Å². The zero-order valence-corrected chi connectivity index (χ0v) is 16.9. The molecule has 0 amide bonds. The molecule has 0 saturated heterocycles. The van der Waals surface area contributed by atoms with Crippen molar-refractivity contribution in [1.82, 2.24) is 13.7 Å². The van der Waals surface area contributed by atoms with Gasteiger partial charge in [0.05, 0.1) is 0 Å². The van der Waals surface area contributed by atoms with Gasteiger partial charge in [0, 0.05) is 0 Å². The monoisotopic (exact) mass is 296 g/mol. The van der Waals surface area contributed by atoms with E-state index in [0.717, 1.165) is 0 Å². The molecule has 1 aromatic carbocycles. The maximum absolute atomic E-state index is 3.66. The third-order valence-electron chi connectivity index (χ3n) is 2.51. The Kier molecular flexibility index (Phi) is 6.47. The highest BCUT2D eigenvalue weighted by atomic mass is 28.2. The highest BCUT2D eigenvalue weighted by Gasteiger charge is 2.06. The van der Waals surface area contributed by atoms with Gasteiger partial charge in [-0.15, -0.1) is 0 Å². The minimum Gasteiger partial charge on any atom is -0.330 e. The van der Waals surface area contributed by atoms with E-state index in [1.807, 2.05) is 0 Å². The van der Waals surface area contributed by atoms with Crippen LogP contribution in [0.15, 0.2) is 12.1 Å². The predicted molar refractivity (Wildman–Crippen MR) is 90.9 cm³/mol. The third kappa shape index (κ3) is 6.08. The Balaban J connectivity index is 2.95. The first-order chi connectivity index (χ1) is 8.36. The fourth-order valence-electron chi connectivity index (χ4n) is 2.08. The summed E-state index contributed by atoms with van der Waals surface area (Å²) in [7, 11) is 12.2. The van der Waals surface area contributed by atoms with Gasteiger partial charge in [0.25, 0.3) is 0 Å². The van der Waals surface area contributed by atoms with E-state index in [1.165, 1.54) is 10.4 Å². The number of benzene rings is 1. The second-order valence-electron chi connectivity index (χ2n) is 5.75. The van der Waals surface area contributed by atoms with Crippen LogP contribution in [0.1, 0.15) is 0 Å². The molecule has 0 fully saturated rings. The molecule has 0 unspecified atom stereocenters. The molecular formula is C12H26N3Si3. The van der Waals surface area contributed by atoms with Crippen molar-refractivity contribution < 1.29 is 0 Å². The van der Waals surface area contributed by atoms with Crippen molar-refractivity contribution in [3.63, 3.8) is 0 Å². The molecule has 0 bridgehead atoms. The van der Waals surface area contributed by atoms with Gasteiger partial charge in [-0.1, -0.05) is 17.3 Å². The first kappa shape index (κ1) is 15.8. The summed E-state index contributed by atoms with van der Waals surface area (Å²) in [5, 5.41) is 4.54. The molecule has 3 nitrogen and oxygen atoms in total. The van der Waals surface area contributed by atoms with Crippen molar-refractivity contribution in [3.05, 3.63) is 18.2 Å². The molecule has 0 heterocycles. The smallest absolute Gasteiger partial charge is 0.127 e. The molecule has 6 heteroatoms. The van der Waals surface area contributed by atoms with Gasteiger partial charge in [-0.3, -0.25) is 0 Å². The molecule has 0 aromatic heterocycles. The average molecular weight is 297 g/mol. The second kappa shape index (κ2) is 7.37. The third-order valence-corrected chi connectivity index (χ3v) is 6.63. The minimum absolute atomic E-state index is 0.266. The van der Waals surface area contributed by atoms with Gasteiger partial charge in [0.15, 0.2) is 0 Å². The number of rotatable bonds is 6. The van der Waals surface area contributed by atoms with Crippen LogP contribution in [0.4, 0.5) is 0 Å². The van der Waals surface area contributed by atoms with Crippen LogP contribution in [0.3, 0.4) is 0 Å². The molecule has 0 aliphatic rings. The predicted octanol–water partition coefficient (Wildman–Crippen LogP) is -3.70. The summed E-state index contributed by atoms with van der Waals surface area (Å²) in [6.45, 7) is 0. The molecule has 0 atom stereocenters. The summed E-state index contributed by atoms with van der Waals surface area (Å²) >= 11 is 0. The van der Waals surface area contributed by atoms with Crippen LogP contribution < -0.4 is 15.6 Å². The van der Waals surface area contributed by atoms with E-state index in [9.17, 15) is 0 Å². The molecule has 1 radical (unpaired) electrons. The van der Waals surface area contributed by atoms with Gasteiger partial charge in [-0.2, -0.15) is 0 Å². The minimum atomic E-state index is -0.302. The first-order valence-electron chi connectivity index (χ1n) is 6.35. The van der Waals surface area contributed by atoms with Crippen LogP contribution in [-0.2, 0) is 0 Å². The molecular weight excluding hydrogens is 270 g/mol. The maximum atomic E-state index is 3.66. The highest BCUT2D eigenvalue weighted by molar-refractivity contribution is 6.58. The Labute approximate surface area is 119 Å². The van der Waals surface area contributed by atoms with E-state index in [2.05, 4.69) is 74.2 Å². The zero-order valence-electron chi connectivity index (χ0n) is 12.6. The van der Waals surface area contributed by atoms with Gasteiger partial charge in [0.2, 0.25) is 0 Å². The van der Waals surface area contributed by atoms with Gasteiger partial charge < -0.3 is 13.7 Å². The highest BCUT2D eigenvalue weighted by Crippen LogP contribution is 1.82. The quantitative estimate of drug-likeness (QED) is 0.501. The fourth-order valence-corrected chi connectivity index (χ4v) is 6.99. The van der Waals surface area contributed by atoms with Gasteiger partial charge in [0.1, 0.15) is 29.0 Å². The largest absolute Gasteiger partial charge is 0.330 e. The summed E-state index contributed by atoms with van der Waals surface area (Å²) < 4.78 is 7.08. The van der Waals surface area contributed by atoms with Gasteiger partial charge >= 0.3 is 0 Å². The van der Waals surface area contributed by atoms with Crippen molar-refractivity contribution in [2.45, 2.75) is 0 Å². The van der Waals surface area contributed by atoms with E-state index in [4.69, 9.17) is 0 Å². The number of nitrogens with zero attached hydrogens (tertiary/aromatic N) is 3. The van der Waals surface area contributed by atoms with Crippen LogP contribution in [-0.4, -0.2) is 85.0 Å². The lowest BCUT2D eigenvalue weighted by Gasteiger charge is -2.16. The summed E-state index contributed by atoms with van der Waals surface area (Å²) in [5.41, 5.74) is 0. The topological polar surface area (TPSA) is 9.72 Å². The molecule has 0 spiro atoms. The molecule has 0 saturated carbocycles. The number of hydrogen-bond donors (Lipinski definition) is 0. The summed E-state index contributed by atoms with van der Waals surface area (Å²) in [6, 6.07) is 8.48. The Bertz CT molecular complexity index is 311. The van der Waals surface area contributed by atoms with E-state index >= 15 is 0 Å². The van der Waals surface area contributed by atoms with Gasteiger partial charge in [-0.05, 0) is 58.7 Å². The fraction of sp³-hybridized carbons (Fsp3) is 0.500. The Hall–Kier alpha value is -0.249. The molecule has 1 rings (SSSR count). The van der Waals surface area contributed by atoms with E-state index < -0.39 is 0 Å². The van der Waals surface area contributed by atoms with Crippen LogP contribution in [0.25, 0.3) is 0 Å². The van der Waals surface area contributed by atoms with Crippen LogP contribution in [0.5, 0.6) is 0 Å². The molecule has 101 valence electrons. The zero-order chi connectivity index (χ0) is 13.7. The first-order valence-corrected chi connectivity index (χ1v) is 10.4. The van der Waals surface area contributed by atoms with Crippen LogP contribution in [0.2, 0.25) is 0 Å². The lowest BCUT2D eigenvalue weighted by Crippen LogP contribution is -2.42. The number of hydrogen-bond acceptors (Lipinski definition) is 3. The van der Waals surface area contributed by atoms with Crippen LogP contribution >= 0.6 is 0 Å². The standard InChI is InChI=1S/C12H26N3Si3/c1-13(2)16-10-7-11(17-14(3)4)9-12(8-10)18-15(5)6/h7-8H,16-18H2,1-6H3. The molecule has 0 aliphatic heterocycles. The summed E-state index contributed by atoms with van der Waals surface area (Å²) in [5.74, 6) is 0. The second-order valence-corrected chi connectivity index (χ2v) is 12.8. The van der Waals surface area contributed by atoms with Crippen molar-refractivity contribution >= 4 is 44.6 Å². The van der Waals surface area contributed by atoms with E-state index in [1.54, 1.807) is 5.19 Å². The Morgan fingerprint density at radius 3 is 1.44 bits per heavy atom. The molecule has 1 aromatic rings. The lowest BCUT2D eigenvalue weighted by atomic mass is 10.3. The Morgan fingerprint density at radius 2 is 1.11 bits per heavy atom. The molecule has 0 N–H and O–H groups in total. The van der Waals surface area contributed by atoms with Crippen LogP contribution in [0, 0.1) is 6.07 Å². The van der Waals surface area contributed by atoms with Crippen molar-refractivity contribution in [2.24, 2.45) is 0 Å². The average Bonchev–Trinajstić information content (AvgIpc) is 2.12. The Morgan fingerprint density at radius 1 is 0.722 bits per heavy atom. The normalized spacial score (nSPS) is 13.8. The van der Waals surface area contributed by atoms with Gasteiger partial charge in [-0.25, -0.2) is 0 Å². The van der Waals surface area contributed by atoms with Crippen molar-refractivity contribution in [3.8, 4) is 0 Å².